The molecule has 7 aromatic carbocycles. The number of fused-ring (bicyclic) bond motifs is 2. The van der Waals surface area contributed by atoms with Gasteiger partial charge in [-0.1, -0.05) is 91.0 Å². The molecular formula is C33H23O2P. The molecule has 0 aliphatic heterocycles. The first-order chi connectivity index (χ1) is 17.7. The summed E-state index contributed by atoms with van der Waals surface area (Å²) in [6, 6.07) is 41.2. The minimum Gasteiger partial charge on any atom is -0.497 e. The number of ether oxygens (including phenoxy) is 1. The van der Waals surface area contributed by atoms with E-state index in [-0.39, 0.29) is 0 Å². The Morgan fingerprint density at radius 3 is 1.75 bits per heavy atom. The Morgan fingerprint density at radius 2 is 1.08 bits per heavy atom. The monoisotopic (exact) mass is 482 g/mol. The molecule has 0 heterocycles. The summed E-state index contributed by atoms with van der Waals surface area (Å²) in [5.41, 5.74) is 0. The van der Waals surface area contributed by atoms with Crippen molar-refractivity contribution in [1.82, 2.24) is 0 Å². The molecule has 0 fully saturated rings. The molecule has 0 aliphatic rings. The van der Waals surface area contributed by atoms with Crippen molar-refractivity contribution in [2.75, 3.05) is 7.11 Å². The van der Waals surface area contributed by atoms with Gasteiger partial charge in [-0.3, -0.25) is 0 Å². The summed E-state index contributed by atoms with van der Waals surface area (Å²) in [6.45, 7) is 0. The highest BCUT2D eigenvalue weighted by atomic mass is 31.2. The Hall–Kier alpha value is -4.13. The van der Waals surface area contributed by atoms with Crippen LogP contribution in [0, 0.1) is 0 Å². The summed E-state index contributed by atoms with van der Waals surface area (Å²) in [6.07, 6.45) is 0. The molecule has 1 atom stereocenters. The zero-order valence-electron chi connectivity index (χ0n) is 19.8. The molecule has 172 valence electrons. The third-order valence-electron chi connectivity index (χ3n) is 7.38. The van der Waals surface area contributed by atoms with Crippen LogP contribution in [0.1, 0.15) is 0 Å². The van der Waals surface area contributed by atoms with Crippen molar-refractivity contribution in [3.8, 4) is 5.75 Å². The zero-order valence-corrected chi connectivity index (χ0v) is 20.7. The highest BCUT2D eigenvalue weighted by Gasteiger charge is 2.33. The lowest BCUT2D eigenvalue weighted by Gasteiger charge is -2.24. The van der Waals surface area contributed by atoms with Gasteiger partial charge in [-0.25, -0.2) is 0 Å². The fourth-order valence-corrected chi connectivity index (χ4v) is 8.61. The maximum atomic E-state index is 15.6. The van der Waals surface area contributed by atoms with Gasteiger partial charge in [-0.05, 0) is 68.0 Å². The first kappa shape index (κ1) is 21.2. The molecule has 0 amide bonds. The van der Waals surface area contributed by atoms with Crippen LogP contribution in [-0.4, -0.2) is 7.11 Å². The van der Waals surface area contributed by atoms with Crippen LogP contribution in [0.15, 0.2) is 121 Å². The minimum absolute atomic E-state index is 0.749. The van der Waals surface area contributed by atoms with E-state index in [1.54, 1.807) is 7.11 Å². The number of hydrogen-bond donors (Lipinski definition) is 0. The molecule has 7 aromatic rings. The van der Waals surface area contributed by atoms with Crippen LogP contribution < -0.4 is 20.7 Å². The largest absolute Gasteiger partial charge is 0.497 e. The zero-order chi connectivity index (χ0) is 24.3. The molecular weight excluding hydrogens is 459 g/mol. The Kier molecular flexibility index (Phi) is 4.67. The Morgan fingerprint density at radius 1 is 0.500 bits per heavy atom. The fourth-order valence-electron chi connectivity index (χ4n) is 5.76. The van der Waals surface area contributed by atoms with Crippen LogP contribution in [0.2, 0.25) is 0 Å². The second-order valence-corrected chi connectivity index (χ2v) is 11.9. The van der Waals surface area contributed by atoms with Gasteiger partial charge in [-0.15, -0.1) is 0 Å². The summed E-state index contributed by atoms with van der Waals surface area (Å²) in [4.78, 5) is 0. The Balaban J connectivity index is 1.71. The second kappa shape index (κ2) is 7.95. The number of methoxy groups -OCH3 is 1. The van der Waals surface area contributed by atoms with Crippen LogP contribution in [0.3, 0.4) is 0 Å². The lowest BCUT2D eigenvalue weighted by molar-refractivity contribution is 0.415. The minimum atomic E-state index is -3.23. The van der Waals surface area contributed by atoms with Crippen LogP contribution in [0.25, 0.3) is 43.1 Å². The van der Waals surface area contributed by atoms with Crippen molar-refractivity contribution in [3.63, 3.8) is 0 Å². The van der Waals surface area contributed by atoms with Gasteiger partial charge in [0.1, 0.15) is 5.75 Å². The lowest BCUT2D eigenvalue weighted by atomic mass is 9.90. The van der Waals surface area contributed by atoms with E-state index in [9.17, 15) is 0 Å². The van der Waals surface area contributed by atoms with E-state index in [1.807, 2.05) is 54.6 Å². The molecule has 7 rings (SSSR count). The van der Waals surface area contributed by atoms with E-state index in [0.29, 0.717) is 0 Å². The van der Waals surface area contributed by atoms with Crippen molar-refractivity contribution >= 4 is 66.1 Å². The second-order valence-electron chi connectivity index (χ2n) is 9.22. The standard InChI is InChI=1S/C33H23O2P/c1-35-24-17-19-26(20-18-24)36(34,25-11-3-2-4-12-25)30-21-16-23-10-6-14-28-27-13-5-8-22-9-7-15-29(31(22)27)33(30)32(23)28/h2-21H,1H3. The molecule has 2 nitrogen and oxygen atoms in total. The molecule has 0 saturated heterocycles. The topological polar surface area (TPSA) is 26.3 Å². The number of hydrogen-bond acceptors (Lipinski definition) is 2. The summed E-state index contributed by atoms with van der Waals surface area (Å²) in [5, 5.41) is 11.9. The summed E-state index contributed by atoms with van der Waals surface area (Å²) < 4.78 is 21.0. The average molecular weight is 483 g/mol. The number of rotatable bonds is 4. The van der Waals surface area contributed by atoms with Gasteiger partial charge < -0.3 is 9.30 Å². The van der Waals surface area contributed by atoms with Crippen molar-refractivity contribution in [3.05, 3.63) is 121 Å². The smallest absolute Gasteiger partial charge is 0.171 e. The first-order valence-corrected chi connectivity index (χ1v) is 13.8. The van der Waals surface area contributed by atoms with Crippen molar-refractivity contribution in [2.45, 2.75) is 0 Å². The van der Waals surface area contributed by atoms with Gasteiger partial charge in [0.05, 0.1) is 7.11 Å². The van der Waals surface area contributed by atoms with Gasteiger partial charge >= 0.3 is 0 Å². The maximum Gasteiger partial charge on any atom is 0.171 e. The van der Waals surface area contributed by atoms with Crippen LogP contribution in [-0.2, 0) is 4.57 Å². The molecule has 0 radical (unpaired) electrons. The van der Waals surface area contributed by atoms with Crippen LogP contribution >= 0.6 is 7.14 Å². The summed E-state index contributed by atoms with van der Waals surface area (Å²) in [7, 11) is -1.57. The van der Waals surface area contributed by atoms with Gasteiger partial charge in [0.2, 0.25) is 0 Å². The number of benzene rings is 7. The third-order valence-corrected chi connectivity index (χ3v) is 10.5. The van der Waals surface area contributed by atoms with Gasteiger partial charge in [0.15, 0.2) is 7.14 Å². The van der Waals surface area contributed by atoms with E-state index in [2.05, 4.69) is 66.7 Å². The van der Waals surface area contributed by atoms with Gasteiger partial charge in [-0.2, -0.15) is 0 Å². The SMILES string of the molecule is COc1ccc(P(=O)(c2ccccc2)c2ccc3cccc4c5cccc6cccc(c2c34)c65)cc1. The van der Waals surface area contributed by atoms with Crippen LogP contribution in [0.5, 0.6) is 5.75 Å². The molecule has 3 heteroatoms. The Bertz CT molecular complexity index is 1930. The predicted octanol–water partition coefficient (Wildman–Crippen LogP) is 7.39. The molecule has 0 aromatic heterocycles. The van der Waals surface area contributed by atoms with Gasteiger partial charge in [0, 0.05) is 21.3 Å². The summed E-state index contributed by atoms with van der Waals surface area (Å²) in [5.74, 6) is 0.749. The molecule has 0 saturated carbocycles. The van der Waals surface area contributed by atoms with E-state index in [4.69, 9.17) is 4.74 Å². The lowest BCUT2D eigenvalue weighted by Crippen LogP contribution is -2.25. The fraction of sp³-hybridized carbons (Fsp3) is 0.0303. The van der Waals surface area contributed by atoms with Crippen molar-refractivity contribution in [2.24, 2.45) is 0 Å². The first-order valence-electron chi connectivity index (χ1n) is 12.1. The average Bonchev–Trinajstić information content (AvgIpc) is 2.95. The van der Waals surface area contributed by atoms with E-state index in [1.165, 1.54) is 26.9 Å². The molecule has 0 aliphatic carbocycles. The normalized spacial score (nSPS) is 13.5. The predicted molar refractivity (Wildman–Crippen MR) is 154 cm³/mol. The van der Waals surface area contributed by atoms with Crippen molar-refractivity contribution < 1.29 is 9.30 Å². The molecule has 0 bridgehead atoms. The van der Waals surface area contributed by atoms with Gasteiger partial charge in [0.25, 0.3) is 0 Å². The molecule has 0 spiro atoms. The summed E-state index contributed by atoms with van der Waals surface area (Å²) >= 11 is 0. The molecule has 0 N–H and O–H groups in total. The third kappa shape index (κ3) is 2.89. The maximum absolute atomic E-state index is 15.6. The highest BCUT2D eigenvalue weighted by Crippen LogP contribution is 2.48. The Labute approximate surface area is 209 Å². The highest BCUT2D eigenvalue weighted by molar-refractivity contribution is 7.85. The van der Waals surface area contributed by atoms with Crippen LogP contribution in [0.4, 0.5) is 0 Å². The quantitative estimate of drug-likeness (QED) is 0.149. The molecule has 36 heavy (non-hydrogen) atoms. The van der Waals surface area contributed by atoms with E-state index >= 15 is 4.57 Å². The van der Waals surface area contributed by atoms with E-state index < -0.39 is 7.14 Å². The van der Waals surface area contributed by atoms with E-state index in [0.717, 1.165) is 37.8 Å². The molecule has 1 unspecified atom stereocenters. The van der Waals surface area contributed by atoms with Crippen molar-refractivity contribution in [1.29, 1.82) is 0 Å².